The highest BCUT2D eigenvalue weighted by Crippen LogP contribution is 2.23. The lowest BCUT2D eigenvalue weighted by Crippen LogP contribution is -2.12. The number of nitrogen functional groups attached to an aromatic ring is 1. The topological polar surface area (TPSA) is 82.2 Å². The highest BCUT2D eigenvalue weighted by atomic mass is 16.5. The van der Waals surface area contributed by atoms with Crippen LogP contribution < -0.4 is 11.1 Å². The fourth-order valence-corrected chi connectivity index (χ4v) is 2.03. The van der Waals surface area contributed by atoms with Crippen LogP contribution in [0.1, 0.15) is 23.0 Å². The first-order valence-electron chi connectivity index (χ1n) is 6.89. The zero-order chi connectivity index (χ0) is 15.2. The predicted molar refractivity (Wildman–Crippen MR) is 82.2 cm³/mol. The predicted octanol–water partition coefficient (Wildman–Crippen LogP) is 1.83. The summed E-state index contributed by atoms with van der Waals surface area (Å²) < 4.78 is 6.75. The largest absolute Gasteiger partial charge is 0.462 e. The van der Waals surface area contributed by atoms with Crippen molar-refractivity contribution >= 4 is 17.3 Å². The smallest absolute Gasteiger partial charge is 0.340 e. The van der Waals surface area contributed by atoms with Crippen LogP contribution in [-0.4, -0.2) is 28.9 Å². The quantitative estimate of drug-likeness (QED) is 0.626. The Kier molecular flexibility index (Phi) is 4.81. The van der Waals surface area contributed by atoms with Gasteiger partial charge in [-0.3, -0.25) is 4.68 Å². The number of aryl methyl sites for hydroxylation is 1. The highest BCUT2D eigenvalue weighted by molar-refractivity contribution is 5.98. The number of nitrogens with zero attached hydrogens (tertiary/aromatic N) is 2. The van der Waals surface area contributed by atoms with Gasteiger partial charge < -0.3 is 15.8 Å². The van der Waals surface area contributed by atoms with Crippen LogP contribution in [0.2, 0.25) is 0 Å². The number of benzene rings is 1. The number of anilines is 2. The second kappa shape index (κ2) is 6.78. The van der Waals surface area contributed by atoms with Gasteiger partial charge in [0.15, 0.2) is 0 Å². The monoisotopic (exact) mass is 288 g/mol. The van der Waals surface area contributed by atoms with Crippen molar-refractivity contribution < 1.29 is 9.53 Å². The third-order valence-corrected chi connectivity index (χ3v) is 3.07. The fraction of sp³-hybridized carbons (Fsp3) is 0.333. The molecule has 1 aromatic heterocycles. The van der Waals surface area contributed by atoms with E-state index in [2.05, 4.69) is 10.4 Å². The molecule has 6 nitrogen and oxygen atoms in total. The number of carbonyl (C=O) groups excluding carboxylic acids is 1. The molecule has 21 heavy (non-hydrogen) atoms. The first kappa shape index (κ1) is 14.9. The minimum atomic E-state index is -0.400. The molecule has 3 N–H and O–H groups in total. The standard InChI is InChI=1S/C15H20N4O2/c1-3-21-15(20)12-5-4-6-13(14(12)16)17-9-7-11-8-10-19(2)18-11/h4-6,8,10,17H,3,7,9,16H2,1-2H3. The molecule has 1 heterocycles. The molecule has 1 aromatic carbocycles. The van der Waals surface area contributed by atoms with Crippen LogP contribution in [-0.2, 0) is 18.2 Å². The normalized spacial score (nSPS) is 10.4. The number of hydrogen-bond acceptors (Lipinski definition) is 5. The Bertz CT molecular complexity index is 622. The van der Waals surface area contributed by atoms with Crippen LogP contribution >= 0.6 is 0 Å². The van der Waals surface area contributed by atoms with Crippen LogP contribution in [0.25, 0.3) is 0 Å². The lowest BCUT2D eigenvalue weighted by molar-refractivity contribution is 0.0527. The van der Waals surface area contributed by atoms with Gasteiger partial charge in [0.25, 0.3) is 0 Å². The minimum absolute atomic E-state index is 0.329. The summed E-state index contributed by atoms with van der Waals surface area (Å²) in [5.74, 6) is -0.400. The molecule has 0 amide bonds. The molecule has 0 aliphatic carbocycles. The summed E-state index contributed by atoms with van der Waals surface area (Å²) in [6, 6.07) is 7.26. The summed E-state index contributed by atoms with van der Waals surface area (Å²) in [4.78, 5) is 11.8. The van der Waals surface area contributed by atoms with Crippen LogP contribution in [0.3, 0.4) is 0 Å². The van der Waals surface area contributed by atoms with Crippen LogP contribution in [0.15, 0.2) is 30.5 Å². The summed E-state index contributed by atoms with van der Waals surface area (Å²) in [6.07, 6.45) is 2.69. The number of ether oxygens (including phenoxy) is 1. The maximum atomic E-state index is 11.8. The van der Waals surface area contributed by atoms with Gasteiger partial charge in [-0.25, -0.2) is 4.79 Å². The van der Waals surface area contributed by atoms with E-state index in [-0.39, 0.29) is 0 Å². The van der Waals surface area contributed by atoms with Crippen molar-refractivity contribution in [3.63, 3.8) is 0 Å². The third kappa shape index (κ3) is 3.75. The molecular formula is C15H20N4O2. The van der Waals surface area contributed by atoms with E-state index < -0.39 is 5.97 Å². The average molecular weight is 288 g/mol. The number of para-hydroxylation sites is 1. The van der Waals surface area contributed by atoms with Crippen molar-refractivity contribution in [2.24, 2.45) is 7.05 Å². The van der Waals surface area contributed by atoms with E-state index in [4.69, 9.17) is 10.5 Å². The van der Waals surface area contributed by atoms with Gasteiger partial charge in [-0.15, -0.1) is 0 Å². The summed E-state index contributed by atoms with van der Waals surface area (Å²) >= 11 is 0. The number of carbonyl (C=O) groups is 1. The van der Waals surface area contributed by atoms with E-state index in [1.807, 2.05) is 25.4 Å². The summed E-state index contributed by atoms with van der Waals surface area (Å²) in [5.41, 5.74) is 8.56. The zero-order valence-electron chi connectivity index (χ0n) is 12.3. The Morgan fingerprint density at radius 3 is 2.90 bits per heavy atom. The van der Waals surface area contributed by atoms with Crippen LogP contribution in [0.4, 0.5) is 11.4 Å². The van der Waals surface area contributed by atoms with E-state index in [1.165, 1.54) is 0 Å². The van der Waals surface area contributed by atoms with Gasteiger partial charge in [0, 0.05) is 26.2 Å². The number of rotatable bonds is 6. The first-order chi connectivity index (χ1) is 10.1. The summed E-state index contributed by atoms with van der Waals surface area (Å²) in [7, 11) is 1.89. The molecule has 0 saturated heterocycles. The molecule has 0 aliphatic rings. The third-order valence-electron chi connectivity index (χ3n) is 3.07. The van der Waals surface area contributed by atoms with Gasteiger partial charge in [-0.1, -0.05) is 6.07 Å². The van der Waals surface area contributed by atoms with E-state index in [0.717, 1.165) is 17.8 Å². The number of esters is 1. The van der Waals surface area contributed by atoms with Crippen molar-refractivity contribution in [2.75, 3.05) is 24.2 Å². The number of hydrogen-bond donors (Lipinski definition) is 2. The van der Waals surface area contributed by atoms with Crippen LogP contribution in [0, 0.1) is 0 Å². The van der Waals surface area contributed by atoms with E-state index >= 15 is 0 Å². The molecule has 2 aromatic rings. The maximum absolute atomic E-state index is 11.8. The SMILES string of the molecule is CCOC(=O)c1cccc(NCCc2ccn(C)n2)c1N. The second-order valence-electron chi connectivity index (χ2n) is 4.64. The number of nitrogens with one attached hydrogen (secondary N) is 1. The lowest BCUT2D eigenvalue weighted by Gasteiger charge is -2.12. The molecule has 2 rings (SSSR count). The molecule has 6 heteroatoms. The van der Waals surface area contributed by atoms with E-state index in [9.17, 15) is 4.79 Å². The molecule has 0 spiro atoms. The van der Waals surface area contributed by atoms with E-state index in [0.29, 0.717) is 24.4 Å². The molecule has 0 saturated carbocycles. The summed E-state index contributed by atoms with van der Waals surface area (Å²) in [6.45, 7) is 2.78. The Morgan fingerprint density at radius 1 is 1.43 bits per heavy atom. The highest BCUT2D eigenvalue weighted by Gasteiger charge is 2.13. The average Bonchev–Trinajstić information content (AvgIpc) is 2.86. The molecule has 0 unspecified atom stereocenters. The van der Waals surface area contributed by atoms with Gasteiger partial charge in [0.2, 0.25) is 0 Å². The van der Waals surface area contributed by atoms with Gasteiger partial charge in [0.1, 0.15) is 0 Å². The lowest BCUT2D eigenvalue weighted by atomic mass is 10.1. The van der Waals surface area contributed by atoms with Gasteiger partial charge in [-0.2, -0.15) is 5.10 Å². The molecule has 0 radical (unpaired) electrons. The molecule has 0 atom stereocenters. The van der Waals surface area contributed by atoms with Crippen LogP contribution in [0.5, 0.6) is 0 Å². The van der Waals surface area contributed by atoms with Crippen molar-refractivity contribution in [1.29, 1.82) is 0 Å². The number of aromatic nitrogens is 2. The Hall–Kier alpha value is -2.50. The first-order valence-corrected chi connectivity index (χ1v) is 6.89. The van der Waals surface area contributed by atoms with Gasteiger partial charge in [-0.05, 0) is 25.1 Å². The second-order valence-corrected chi connectivity index (χ2v) is 4.64. The Labute approximate surface area is 123 Å². The fourth-order valence-electron chi connectivity index (χ4n) is 2.03. The minimum Gasteiger partial charge on any atom is -0.462 e. The molecule has 112 valence electrons. The summed E-state index contributed by atoms with van der Waals surface area (Å²) in [5, 5.41) is 7.53. The van der Waals surface area contributed by atoms with Gasteiger partial charge in [0.05, 0.1) is 29.2 Å². The zero-order valence-corrected chi connectivity index (χ0v) is 12.3. The van der Waals surface area contributed by atoms with E-state index in [1.54, 1.807) is 23.7 Å². The number of nitrogens with two attached hydrogens (primary N) is 1. The maximum Gasteiger partial charge on any atom is 0.340 e. The van der Waals surface area contributed by atoms with Crippen molar-refractivity contribution in [3.8, 4) is 0 Å². The van der Waals surface area contributed by atoms with Crippen molar-refractivity contribution in [2.45, 2.75) is 13.3 Å². The van der Waals surface area contributed by atoms with Crippen molar-refractivity contribution in [3.05, 3.63) is 41.7 Å². The Morgan fingerprint density at radius 2 is 2.24 bits per heavy atom. The molecule has 0 aliphatic heterocycles. The molecular weight excluding hydrogens is 268 g/mol. The molecule has 0 bridgehead atoms. The molecule has 0 fully saturated rings. The van der Waals surface area contributed by atoms with Gasteiger partial charge >= 0.3 is 5.97 Å². The van der Waals surface area contributed by atoms with Crippen molar-refractivity contribution in [1.82, 2.24) is 9.78 Å². The Balaban J connectivity index is 2.00.